The molecule has 0 spiro atoms. The smallest absolute Gasteiger partial charge is 0.244 e. The molecular formula is C27H35N3O7S. The van der Waals surface area contributed by atoms with E-state index in [4.69, 9.17) is 14.2 Å². The largest absolute Gasteiger partial charge is 0.497 e. The highest BCUT2D eigenvalue weighted by Gasteiger charge is 2.32. The molecule has 1 heterocycles. The highest BCUT2D eigenvalue weighted by Crippen LogP contribution is 2.36. The van der Waals surface area contributed by atoms with Gasteiger partial charge in [0.05, 0.1) is 18.6 Å². The molecule has 0 aromatic heterocycles. The van der Waals surface area contributed by atoms with Gasteiger partial charge in [-0.05, 0) is 56.5 Å². The molecule has 2 aromatic rings. The van der Waals surface area contributed by atoms with Crippen molar-refractivity contribution < 1.29 is 32.2 Å². The number of methoxy groups -OCH3 is 1. The summed E-state index contributed by atoms with van der Waals surface area (Å²) in [7, 11) is -2.26. The van der Waals surface area contributed by atoms with Crippen molar-refractivity contribution in [2.45, 2.75) is 58.2 Å². The number of amides is 2. The van der Waals surface area contributed by atoms with Gasteiger partial charge in [-0.25, -0.2) is 8.42 Å². The summed E-state index contributed by atoms with van der Waals surface area (Å²) in [5, 5.41) is 3.06. The Morgan fingerprint density at radius 3 is 2.42 bits per heavy atom. The van der Waals surface area contributed by atoms with E-state index in [1.165, 1.54) is 11.8 Å². The number of hydrogen-bond acceptors (Lipinski definition) is 7. The molecule has 0 radical (unpaired) electrons. The monoisotopic (exact) mass is 545 g/mol. The van der Waals surface area contributed by atoms with Gasteiger partial charge in [-0.2, -0.15) is 0 Å². The average molecular weight is 546 g/mol. The molecule has 10 nitrogen and oxygen atoms in total. The Morgan fingerprint density at radius 2 is 1.76 bits per heavy atom. The molecule has 1 fully saturated rings. The lowest BCUT2D eigenvalue weighted by Crippen LogP contribution is -2.52. The first-order valence-corrected chi connectivity index (χ1v) is 14.5. The maximum absolute atomic E-state index is 13.8. The Balaban J connectivity index is 1.61. The summed E-state index contributed by atoms with van der Waals surface area (Å²) in [4.78, 5) is 28.4. The molecule has 0 unspecified atom stereocenters. The molecule has 0 bridgehead atoms. The predicted octanol–water partition coefficient (Wildman–Crippen LogP) is 3.06. The normalized spacial score (nSPS) is 15.7. The Morgan fingerprint density at radius 1 is 1.08 bits per heavy atom. The van der Waals surface area contributed by atoms with E-state index in [9.17, 15) is 18.0 Å². The molecule has 1 aliphatic carbocycles. The number of benzene rings is 2. The maximum Gasteiger partial charge on any atom is 0.244 e. The highest BCUT2D eigenvalue weighted by molar-refractivity contribution is 7.92. The molecule has 1 atom stereocenters. The lowest BCUT2D eigenvalue weighted by Gasteiger charge is -2.32. The summed E-state index contributed by atoms with van der Waals surface area (Å²) >= 11 is 0. The molecule has 11 heteroatoms. The Hall–Kier alpha value is -3.47. The van der Waals surface area contributed by atoms with Crippen LogP contribution in [0.1, 0.15) is 45.1 Å². The number of rotatable bonds is 11. The molecule has 4 rings (SSSR count). The van der Waals surface area contributed by atoms with Crippen LogP contribution < -0.4 is 23.8 Å². The lowest BCUT2D eigenvalue weighted by molar-refractivity contribution is -0.139. The first-order chi connectivity index (χ1) is 18.2. The number of anilines is 1. The van der Waals surface area contributed by atoms with Crippen molar-refractivity contribution in [3.8, 4) is 17.2 Å². The average Bonchev–Trinajstić information content (AvgIpc) is 3.61. The number of sulfonamides is 1. The standard InChI is InChI=1S/C27H35N3O7S/c1-4-38(33,34)30(22-11-14-24-25(15-22)37-18-36-24)17-26(31)29(16-20-9-12-23(35-3)13-10-20)19(2)27(32)28-21-7-5-6-8-21/h9-15,19,21H,4-8,16-18H2,1-3H3,(H,28,32)/t19-/m1/s1. The van der Waals surface area contributed by atoms with Gasteiger partial charge in [-0.3, -0.25) is 13.9 Å². The fourth-order valence-corrected chi connectivity index (χ4v) is 5.72. The van der Waals surface area contributed by atoms with Crippen molar-refractivity contribution in [3.05, 3.63) is 48.0 Å². The number of fused-ring (bicyclic) bond motifs is 1. The van der Waals surface area contributed by atoms with Gasteiger partial charge in [-0.1, -0.05) is 25.0 Å². The summed E-state index contributed by atoms with van der Waals surface area (Å²) in [5.74, 6) is 0.626. The van der Waals surface area contributed by atoms with Gasteiger partial charge in [0.2, 0.25) is 28.6 Å². The molecule has 2 aromatic carbocycles. The van der Waals surface area contributed by atoms with E-state index in [2.05, 4.69) is 5.32 Å². The van der Waals surface area contributed by atoms with Gasteiger partial charge in [0, 0.05) is 18.7 Å². The molecule has 2 amide bonds. The molecular weight excluding hydrogens is 510 g/mol. The van der Waals surface area contributed by atoms with Gasteiger partial charge in [0.15, 0.2) is 11.5 Å². The van der Waals surface area contributed by atoms with Crippen LogP contribution in [0.15, 0.2) is 42.5 Å². The van der Waals surface area contributed by atoms with Gasteiger partial charge < -0.3 is 24.4 Å². The van der Waals surface area contributed by atoms with E-state index in [1.807, 2.05) is 12.1 Å². The number of ether oxygens (including phenoxy) is 3. The van der Waals surface area contributed by atoms with Crippen molar-refractivity contribution >= 4 is 27.5 Å². The second-order valence-electron chi connectivity index (χ2n) is 9.48. The van der Waals surface area contributed by atoms with Gasteiger partial charge >= 0.3 is 0 Å². The number of nitrogens with one attached hydrogen (secondary N) is 1. The summed E-state index contributed by atoms with van der Waals surface area (Å²) in [5.41, 5.74) is 1.07. The van der Waals surface area contributed by atoms with Crippen LogP contribution in [-0.2, 0) is 26.2 Å². The van der Waals surface area contributed by atoms with Crippen molar-refractivity contribution in [3.63, 3.8) is 0 Å². The summed E-state index contributed by atoms with van der Waals surface area (Å²) in [6, 6.07) is 11.2. The second-order valence-corrected chi connectivity index (χ2v) is 11.7. The molecule has 2 aliphatic rings. The molecule has 38 heavy (non-hydrogen) atoms. The predicted molar refractivity (Wildman–Crippen MR) is 143 cm³/mol. The van der Waals surface area contributed by atoms with Gasteiger partial charge in [-0.15, -0.1) is 0 Å². The molecule has 1 N–H and O–H groups in total. The van der Waals surface area contributed by atoms with E-state index in [0.29, 0.717) is 17.2 Å². The first-order valence-electron chi connectivity index (χ1n) is 12.8. The van der Waals surface area contributed by atoms with Crippen LogP contribution in [0, 0.1) is 0 Å². The van der Waals surface area contributed by atoms with Crippen LogP contribution in [0.3, 0.4) is 0 Å². The second kappa shape index (κ2) is 11.9. The number of nitrogens with zero attached hydrogens (tertiary/aromatic N) is 2. The topological polar surface area (TPSA) is 114 Å². The van der Waals surface area contributed by atoms with Crippen molar-refractivity contribution in [2.24, 2.45) is 0 Å². The fraction of sp³-hybridized carbons (Fsp3) is 0.481. The molecule has 206 valence electrons. The summed E-state index contributed by atoms with van der Waals surface area (Å²) in [6.45, 7) is 2.90. The van der Waals surface area contributed by atoms with Crippen LogP contribution in [0.2, 0.25) is 0 Å². The van der Waals surface area contributed by atoms with Gasteiger partial charge in [0.25, 0.3) is 0 Å². The SMILES string of the molecule is CCS(=O)(=O)N(CC(=O)N(Cc1ccc(OC)cc1)[C@H](C)C(=O)NC1CCCC1)c1ccc2c(c1)OCO2. The lowest BCUT2D eigenvalue weighted by atomic mass is 10.1. The third kappa shape index (κ3) is 6.32. The Bertz CT molecular complexity index is 1240. The fourth-order valence-electron chi connectivity index (χ4n) is 4.66. The Kier molecular flexibility index (Phi) is 8.65. The molecule has 1 aliphatic heterocycles. The maximum atomic E-state index is 13.8. The van der Waals surface area contributed by atoms with E-state index < -0.39 is 28.5 Å². The van der Waals surface area contributed by atoms with Crippen LogP contribution in [-0.4, -0.2) is 63.4 Å². The van der Waals surface area contributed by atoms with Crippen molar-refractivity contribution in [1.29, 1.82) is 0 Å². The van der Waals surface area contributed by atoms with E-state index in [1.54, 1.807) is 44.4 Å². The molecule has 1 saturated carbocycles. The number of carbonyl (C=O) groups excluding carboxylic acids is 2. The van der Waals surface area contributed by atoms with Crippen LogP contribution >= 0.6 is 0 Å². The van der Waals surface area contributed by atoms with Gasteiger partial charge in [0.1, 0.15) is 18.3 Å². The van der Waals surface area contributed by atoms with Crippen LogP contribution in [0.25, 0.3) is 0 Å². The highest BCUT2D eigenvalue weighted by atomic mass is 32.2. The third-order valence-electron chi connectivity index (χ3n) is 7.00. The third-order valence-corrected chi connectivity index (χ3v) is 8.75. The minimum atomic E-state index is -3.83. The van der Waals surface area contributed by atoms with E-state index >= 15 is 0 Å². The minimum absolute atomic E-state index is 0.0432. The zero-order valence-corrected chi connectivity index (χ0v) is 22.8. The number of hydrogen-bond donors (Lipinski definition) is 1. The quantitative estimate of drug-likeness (QED) is 0.462. The van der Waals surface area contributed by atoms with E-state index in [0.717, 1.165) is 35.6 Å². The van der Waals surface area contributed by atoms with Crippen molar-refractivity contribution in [1.82, 2.24) is 10.2 Å². The zero-order valence-electron chi connectivity index (χ0n) is 22.0. The first kappa shape index (κ1) is 27.6. The molecule has 0 saturated heterocycles. The van der Waals surface area contributed by atoms with Crippen molar-refractivity contribution in [2.75, 3.05) is 30.5 Å². The minimum Gasteiger partial charge on any atom is -0.497 e. The Labute approximate surface area is 223 Å². The number of carbonyl (C=O) groups is 2. The van der Waals surface area contributed by atoms with Crippen LogP contribution in [0.4, 0.5) is 5.69 Å². The summed E-state index contributed by atoms with van der Waals surface area (Å²) < 4.78 is 43.3. The zero-order chi connectivity index (χ0) is 27.3. The van der Waals surface area contributed by atoms with E-state index in [-0.39, 0.29) is 36.7 Å². The summed E-state index contributed by atoms with van der Waals surface area (Å²) in [6.07, 6.45) is 3.95. The van der Waals surface area contributed by atoms with Crippen LogP contribution in [0.5, 0.6) is 17.2 Å².